The van der Waals surface area contributed by atoms with E-state index in [1.54, 1.807) is 7.11 Å². The van der Waals surface area contributed by atoms with Crippen LogP contribution in [0.5, 0.6) is 11.5 Å². The highest BCUT2D eigenvalue weighted by molar-refractivity contribution is 5.79. The predicted octanol–water partition coefficient (Wildman–Crippen LogP) is 6.34. The molecule has 5 atom stereocenters. The van der Waals surface area contributed by atoms with Crippen molar-refractivity contribution in [1.82, 2.24) is 0 Å². The number of rotatable bonds is 5. The summed E-state index contributed by atoms with van der Waals surface area (Å²) in [4.78, 5) is 12.3. The highest BCUT2D eigenvalue weighted by Gasteiger charge is 2.55. The van der Waals surface area contributed by atoms with Gasteiger partial charge in [0, 0.05) is 5.92 Å². The molecule has 31 heavy (non-hydrogen) atoms. The SMILES string of the molecule is COc1cc2c(cc1OCc1ccccc1)CC[C@@H]1[C@@H]2CC[C@]2(C)[C@@H](C(C)=O)CC[C@@H]12. The van der Waals surface area contributed by atoms with Crippen LogP contribution in [0.4, 0.5) is 0 Å². The average molecular weight is 419 g/mol. The Balaban J connectivity index is 1.41. The summed E-state index contributed by atoms with van der Waals surface area (Å²) >= 11 is 0. The third-order valence-electron chi connectivity index (χ3n) is 8.74. The van der Waals surface area contributed by atoms with E-state index in [1.807, 2.05) is 25.1 Å². The minimum absolute atomic E-state index is 0.202. The maximum atomic E-state index is 12.3. The van der Waals surface area contributed by atoms with E-state index in [0.29, 0.717) is 30.1 Å². The van der Waals surface area contributed by atoms with E-state index in [9.17, 15) is 4.79 Å². The summed E-state index contributed by atoms with van der Waals surface area (Å²) in [5, 5.41) is 0. The summed E-state index contributed by atoms with van der Waals surface area (Å²) in [7, 11) is 1.74. The van der Waals surface area contributed by atoms with Crippen LogP contribution in [0.25, 0.3) is 0 Å². The van der Waals surface area contributed by atoms with Gasteiger partial charge in [-0.15, -0.1) is 0 Å². The average Bonchev–Trinajstić information content (AvgIpc) is 3.15. The molecule has 0 spiro atoms. The molecule has 3 aliphatic rings. The van der Waals surface area contributed by atoms with Crippen molar-refractivity contribution in [2.45, 2.75) is 64.9 Å². The molecule has 0 unspecified atom stereocenters. The van der Waals surface area contributed by atoms with E-state index < -0.39 is 0 Å². The van der Waals surface area contributed by atoms with Gasteiger partial charge in [-0.1, -0.05) is 37.3 Å². The van der Waals surface area contributed by atoms with Gasteiger partial charge in [-0.2, -0.15) is 0 Å². The van der Waals surface area contributed by atoms with Crippen LogP contribution in [0.2, 0.25) is 0 Å². The smallest absolute Gasteiger partial charge is 0.161 e. The summed E-state index contributed by atoms with van der Waals surface area (Å²) < 4.78 is 11.9. The minimum atomic E-state index is 0.202. The molecule has 2 fully saturated rings. The Bertz CT molecular complexity index is 966. The summed E-state index contributed by atoms with van der Waals surface area (Å²) in [6, 6.07) is 14.8. The second-order valence-electron chi connectivity index (χ2n) is 10.2. The van der Waals surface area contributed by atoms with Crippen LogP contribution >= 0.6 is 0 Å². The normalized spacial score (nSPS) is 31.3. The molecule has 0 aromatic heterocycles. The van der Waals surface area contributed by atoms with E-state index >= 15 is 0 Å². The first-order chi connectivity index (χ1) is 15.0. The third-order valence-corrected chi connectivity index (χ3v) is 8.74. The monoisotopic (exact) mass is 418 g/mol. The Hall–Kier alpha value is -2.29. The molecule has 2 aromatic rings. The number of Topliss-reactive ketones (excluding diaryl/α,β-unsaturated/α-hetero) is 1. The van der Waals surface area contributed by atoms with Crippen LogP contribution in [0, 0.1) is 23.2 Å². The number of carbonyl (C=O) groups excluding carboxylic acids is 1. The van der Waals surface area contributed by atoms with E-state index in [4.69, 9.17) is 9.47 Å². The predicted molar refractivity (Wildman–Crippen MR) is 123 cm³/mol. The fraction of sp³-hybridized carbons (Fsp3) is 0.536. The quantitative estimate of drug-likeness (QED) is 0.569. The van der Waals surface area contributed by atoms with Gasteiger partial charge in [-0.3, -0.25) is 4.79 Å². The number of ether oxygens (including phenoxy) is 2. The van der Waals surface area contributed by atoms with E-state index in [-0.39, 0.29) is 11.3 Å². The zero-order valence-electron chi connectivity index (χ0n) is 19.0. The molecule has 0 aliphatic heterocycles. The highest BCUT2D eigenvalue weighted by atomic mass is 16.5. The maximum Gasteiger partial charge on any atom is 0.161 e. The van der Waals surface area contributed by atoms with Gasteiger partial charge in [0.25, 0.3) is 0 Å². The highest BCUT2D eigenvalue weighted by Crippen LogP contribution is 2.63. The van der Waals surface area contributed by atoms with Crippen LogP contribution in [0.3, 0.4) is 0 Å². The first-order valence-corrected chi connectivity index (χ1v) is 11.9. The molecule has 0 radical (unpaired) electrons. The van der Waals surface area contributed by atoms with Crippen molar-refractivity contribution < 1.29 is 14.3 Å². The summed E-state index contributed by atoms with van der Waals surface area (Å²) in [5.41, 5.74) is 4.26. The molecule has 3 aliphatic carbocycles. The molecule has 0 heterocycles. The molecule has 0 N–H and O–H groups in total. The van der Waals surface area contributed by atoms with Crippen LogP contribution in [-0.2, 0) is 17.8 Å². The number of ketones is 1. The molecular weight excluding hydrogens is 384 g/mol. The lowest BCUT2D eigenvalue weighted by Crippen LogP contribution is -2.43. The molecule has 164 valence electrons. The zero-order chi connectivity index (χ0) is 21.6. The van der Waals surface area contributed by atoms with Crippen molar-refractivity contribution in [3.8, 4) is 11.5 Å². The van der Waals surface area contributed by atoms with Gasteiger partial charge < -0.3 is 9.47 Å². The second-order valence-corrected chi connectivity index (χ2v) is 10.2. The molecule has 2 saturated carbocycles. The number of aryl methyl sites for hydroxylation is 1. The van der Waals surface area contributed by atoms with Crippen LogP contribution in [0.15, 0.2) is 42.5 Å². The van der Waals surface area contributed by atoms with E-state index in [0.717, 1.165) is 36.3 Å². The fourth-order valence-electron chi connectivity index (χ4n) is 7.25. The van der Waals surface area contributed by atoms with Gasteiger partial charge in [-0.05, 0) is 97.4 Å². The Labute approximate surface area is 186 Å². The molecule has 0 bridgehead atoms. The summed E-state index contributed by atoms with van der Waals surface area (Å²) in [6.07, 6.45) is 6.97. The third kappa shape index (κ3) is 3.46. The Morgan fingerprint density at radius 1 is 1.06 bits per heavy atom. The molecular formula is C28H34O3. The second kappa shape index (κ2) is 8.00. The van der Waals surface area contributed by atoms with E-state index in [1.165, 1.54) is 30.4 Å². The molecule has 3 nitrogen and oxygen atoms in total. The lowest BCUT2D eigenvalue weighted by Gasteiger charge is -2.50. The van der Waals surface area contributed by atoms with Crippen molar-refractivity contribution in [2.75, 3.05) is 7.11 Å². The number of benzene rings is 2. The van der Waals surface area contributed by atoms with Gasteiger partial charge in [0.2, 0.25) is 0 Å². The van der Waals surface area contributed by atoms with Crippen molar-refractivity contribution >= 4 is 5.78 Å². The first-order valence-electron chi connectivity index (χ1n) is 11.9. The van der Waals surface area contributed by atoms with Gasteiger partial charge in [-0.25, -0.2) is 0 Å². The number of hydrogen-bond donors (Lipinski definition) is 0. The van der Waals surface area contributed by atoms with Crippen molar-refractivity contribution in [2.24, 2.45) is 23.2 Å². The van der Waals surface area contributed by atoms with Gasteiger partial charge in [0.05, 0.1) is 7.11 Å². The largest absolute Gasteiger partial charge is 0.493 e. The van der Waals surface area contributed by atoms with E-state index in [2.05, 4.69) is 31.2 Å². The molecule has 0 saturated heterocycles. The summed E-state index contributed by atoms with van der Waals surface area (Å²) in [6.45, 7) is 4.76. The van der Waals surface area contributed by atoms with Crippen molar-refractivity contribution in [1.29, 1.82) is 0 Å². The number of hydrogen-bond acceptors (Lipinski definition) is 3. The Kier molecular flexibility index (Phi) is 5.32. The molecule has 3 heteroatoms. The lowest BCUT2D eigenvalue weighted by molar-refractivity contribution is -0.125. The molecule has 5 rings (SSSR count). The Morgan fingerprint density at radius 2 is 1.87 bits per heavy atom. The van der Waals surface area contributed by atoms with Crippen molar-refractivity contribution in [3.63, 3.8) is 0 Å². The number of carbonyl (C=O) groups is 1. The van der Waals surface area contributed by atoms with Crippen LogP contribution in [0.1, 0.15) is 68.6 Å². The fourth-order valence-corrected chi connectivity index (χ4v) is 7.25. The number of methoxy groups -OCH3 is 1. The standard InChI is InChI=1S/C28H34O3/c1-18(29)24-11-12-25-22-10-9-20-15-27(31-17-19-7-5-4-6-8-19)26(30-3)16-23(20)21(22)13-14-28(24,25)2/h4-8,15-16,21-22,24-25H,9-14,17H2,1-3H3/t21-,22+,24+,25-,28+/m0/s1. The summed E-state index contributed by atoms with van der Waals surface area (Å²) in [5.74, 6) is 4.32. The Morgan fingerprint density at radius 3 is 2.61 bits per heavy atom. The first kappa shape index (κ1) is 20.6. The number of fused-ring (bicyclic) bond motifs is 5. The van der Waals surface area contributed by atoms with Gasteiger partial charge in [0.15, 0.2) is 11.5 Å². The molecule has 0 amide bonds. The van der Waals surface area contributed by atoms with Gasteiger partial charge in [0.1, 0.15) is 12.4 Å². The zero-order valence-corrected chi connectivity index (χ0v) is 19.0. The van der Waals surface area contributed by atoms with Crippen LogP contribution in [-0.4, -0.2) is 12.9 Å². The minimum Gasteiger partial charge on any atom is -0.493 e. The van der Waals surface area contributed by atoms with Crippen LogP contribution < -0.4 is 9.47 Å². The van der Waals surface area contributed by atoms with Gasteiger partial charge >= 0.3 is 0 Å². The lowest BCUT2D eigenvalue weighted by atomic mass is 9.54. The maximum absolute atomic E-state index is 12.3. The molecule has 2 aromatic carbocycles. The topological polar surface area (TPSA) is 35.5 Å². The van der Waals surface area contributed by atoms with Crippen molar-refractivity contribution in [3.05, 3.63) is 59.2 Å².